The maximum Gasteiger partial charge on any atom is 0.335 e. The number of nitrogens with one attached hydrogen (secondary N) is 1. The highest BCUT2D eigenvalue weighted by Gasteiger charge is 2.37. The standard InChI is InChI=1S/C25H28BrN3O3/c1-15(2)10-11-28(5)19-8-6-18(7-9-19)14-20-23(30)27-25(32)29(24(20)31)22-13-17(4)16(3)12-21(22)26/h6-9,12-15H,10-11H2,1-5H3,(H,27,30,32)/b20-14+. The van der Waals surface area contributed by atoms with Gasteiger partial charge in [-0.2, -0.15) is 0 Å². The Morgan fingerprint density at radius 3 is 2.31 bits per heavy atom. The fourth-order valence-corrected chi connectivity index (χ4v) is 4.02. The van der Waals surface area contributed by atoms with E-state index in [0.717, 1.165) is 34.7 Å². The molecule has 1 N–H and O–H groups in total. The van der Waals surface area contributed by atoms with Crippen LogP contribution in [0.15, 0.2) is 46.4 Å². The monoisotopic (exact) mass is 497 g/mol. The lowest BCUT2D eigenvalue weighted by molar-refractivity contribution is -0.122. The number of hydrogen-bond donors (Lipinski definition) is 1. The number of hydrogen-bond acceptors (Lipinski definition) is 4. The van der Waals surface area contributed by atoms with Crippen LogP contribution in [0.3, 0.4) is 0 Å². The SMILES string of the molecule is Cc1cc(Br)c(N2C(=O)NC(=O)/C(=C\c3ccc(N(C)CCC(C)C)cc3)C2=O)cc1C. The first-order valence-corrected chi connectivity index (χ1v) is 11.4. The zero-order valence-corrected chi connectivity index (χ0v) is 20.6. The third-order valence-electron chi connectivity index (χ3n) is 5.59. The van der Waals surface area contributed by atoms with Crippen LogP contribution in [0, 0.1) is 19.8 Å². The van der Waals surface area contributed by atoms with Crippen molar-refractivity contribution in [2.24, 2.45) is 5.92 Å². The van der Waals surface area contributed by atoms with Crippen molar-refractivity contribution in [2.75, 3.05) is 23.4 Å². The largest absolute Gasteiger partial charge is 0.375 e. The van der Waals surface area contributed by atoms with Gasteiger partial charge < -0.3 is 4.90 Å². The summed E-state index contributed by atoms with van der Waals surface area (Å²) < 4.78 is 0.603. The molecule has 6 nitrogen and oxygen atoms in total. The second-order valence-electron chi connectivity index (χ2n) is 8.54. The number of halogens is 1. The van der Waals surface area contributed by atoms with Crippen molar-refractivity contribution in [1.29, 1.82) is 0 Å². The van der Waals surface area contributed by atoms with Crippen LogP contribution >= 0.6 is 15.9 Å². The zero-order valence-electron chi connectivity index (χ0n) is 19.0. The first-order chi connectivity index (χ1) is 15.1. The van der Waals surface area contributed by atoms with Crippen LogP contribution in [0.25, 0.3) is 6.08 Å². The Bertz CT molecular complexity index is 1090. The van der Waals surface area contributed by atoms with Gasteiger partial charge in [0.05, 0.1) is 5.69 Å². The van der Waals surface area contributed by atoms with Crippen LogP contribution < -0.4 is 15.1 Å². The highest BCUT2D eigenvalue weighted by atomic mass is 79.9. The molecule has 168 valence electrons. The molecule has 0 saturated carbocycles. The number of rotatable bonds is 6. The van der Waals surface area contributed by atoms with Gasteiger partial charge in [-0.15, -0.1) is 0 Å². The molecular weight excluding hydrogens is 470 g/mol. The minimum atomic E-state index is -0.761. The van der Waals surface area contributed by atoms with Gasteiger partial charge in [-0.25, -0.2) is 9.69 Å². The highest BCUT2D eigenvalue weighted by Crippen LogP contribution is 2.32. The molecular formula is C25H28BrN3O3. The summed E-state index contributed by atoms with van der Waals surface area (Å²) in [7, 11) is 2.04. The third kappa shape index (κ3) is 5.10. The molecule has 0 bridgehead atoms. The minimum Gasteiger partial charge on any atom is -0.375 e. The molecule has 0 aromatic heterocycles. The van der Waals surface area contributed by atoms with Crippen molar-refractivity contribution in [3.05, 3.63) is 63.1 Å². The van der Waals surface area contributed by atoms with Crippen LogP contribution in [-0.2, 0) is 9.59 Å². The Hall–Kier alpha value is -2.93. The summed E-state index contributed by atoms with van der Waals surface area (Å²) in [4.78, 5) is 41.3. The molecule has 0 radical (unpaired) electrons. The van der Waals surface area contributed by atoms with E-state index in [-0.39, 0.29) is 5.57 Å². The van der Waals surface area contributed by atoms with Gasteiger partial charge in [0.15, 0.2) is 0 Å². The molecule has 0 atom stereocenters. The summed E-state index contributed by atoms with van der Waals surface area (Å²) >= 11 is 3.43. The normalized spacial score (nSPS) is 15.5. The molecule has 0 unspecified atom stereocenters. The molecule has 1 aliphatic heterocycles. The van der Waals surface area contributed by atoms with Crippen molar-refractivity contribution in [2.45, 2.75) is 34.1 Å². The fourth-order valence-electron chi connectivity index (χ4n) is 3.39. The topological polar surface area (TPSA) is 69.7 Å². The predicted octanol–water partition coefficient (Wildman–Crippen LogP) is 5.21. The zero-order chi connectivity index (χ0) is 23.6. The van der Waals surface area contributed by atoms with E-state index < -0.39 is 17.8 Å². The lowest BCUT2D eigenvalue weighted by Crippen LogP contribution is -2.54. The highest BCUT2D eigenvalue weighted by molar-refractivity contribution is 9.10. The second-order valence-corrected chi connectivity index (χ2v) is 9.40. The third-order valence-corrected chi connectivity index (χ3v) is 6.23. The number of urea groups is 1. The van der Waals surface area contributed by atoms with E-state index in [2.05, 4.69) is 40.0 Å². The maximum absolute atomic E-state index is 13.2. The number of amides is 4. The lowest BCUT2D eigenvalue weighted by Gasteiger charge is -2.27. The Morgan fingerprint density at radius 1 is 1.06 bits per heavy atom. The molecule has 32 heavy (non-hydrogen) atoms. The molecule has 2 aromatic rings. The second kappa shape index (κ2) is 9.69. The number of benzene rings is 2. The number of aryl methyl sites for hydroxylation is 2. The molecule has 1 fully saturated rings. The molecule has 2 aromatic carbocycles. The van der Waals surface area contributed by atoms with Crippen molar-refractivity contribution >= 4 is 51.2 Å². The molecule has 1 heterocycles. The maximum atomic E-state index is 13.2. The quantitative estimate of drug-likeness (QED) is 0.438. The summed E-state index contributed by atoms with van der Waals surface area (Å²) in [6.07, 6.45) is 2.61. The Labute approximate surface area is 197 Å². The average Bonchev–Trinajstić information content (AvgIpc) is 2.73. The average molecular weight is 498 g/mol. The molecule has 3 rings (SSSR count). The first kappa shape index (κ1) is 23.7. The molecule has 0 aliphatic carbocycles. The number of imide groups is 2. The number of carbonyl (C=O) groups is 3. The van der Waals surface area contributed by atoms with Gasteiger partial charge in [-0.05, 0) is 89.1 Å². The first-order valence-electron chi connectivity index (χ1n) is 10.6. The van der Waals surface area contributed by atoms with E-state index in [1.807, 2.05) is 51.2 Å². The van der Waals surface area contributed by atoms with Crippen molar-refractivity contribution in [1.82, 2.24) is 5.32 Å². The molecule has 4 amide bonds. The molecule has 0 spiro atoms. The molecule has 1 aliphatic rings. The summed E-state index contributed by atoms with van der Waals surface area (Å²) in [6, 6.07) is 10.5. The lowest BCUT2D eigenvalue weighted by atomic mass is 10.0. The van der Waals surface area contributed by atoms with Crippen LogP contribution in [0.5, 0.6) is 0 Å². The van der Waals surface area contributed by atoms with E-state index in [0.29, 0.717) is 21.6 Å². The Kier molecular flexibility index (Phi) is 7.19. The van der Waals surface area contributed by atoms with E-state index in [4.69, 9.17) is 0 Å². The van der Waals surface area contributed by atoms with Gasteiger partial charge in [0.25, 0.3) is 11.8 Å². The van der Waals surface area contributed by atoms with Crippen molar-refractivity contribution in [3.63, 3.8) is 0 Å². The molecule has 7 heteroatoms. The summed E-state index contributed by atoms with van der Waals surface area (Å²) in [5.41, 5.74) is 4.03. The van der Waals surface area contributed by atoms with Crippen LogP contribution in [-0.4, -0.2) is 31.4 Å². The van der Waals surface area contributed by atoms with Crippen LogP contribution in [0.4, 0.5) is 16.2 Å². The van der Waals surface area contributed by atoms with Gasteiger partial charge >= 0.3 is 6.03 Å². The Morgan fingerprint density at radius 2 is 1.69 bits per heavy atom. The number of barbiturate groups is 1. The van der Waals surface area contributed by atoms with E-state index in [1.165, 1.54) is 6.08 Å². The van der Waals surface area contributed by atoms with E-state index in [1.54, 1.807) is 6.07 Å². The van der Waals surface area contributed by atoms with Gasteiger partial charge in [-0.3, -0.25) is 14.9 Å². The van der Waals surface area contributed by atoms with Gasteiger partial charge in [0, 0.05) is 23.8 Å². The van der Waals surface area contributed by atoms with Crippen LogP contribution in [0.2, 0.25) is 0 Å². The van der Waals surface area contributed by atoms with Gasteiger partial charge in [-0.1, -0.05) is 26.0 Å². The molecule has 1 saturated heterocycles. The van der Waals surface area contributed by atoms with E-state index >= 15 is 0 Å². The van der Waals surface area contributed by atoms with E-state index in [9.17, 15) is 14.4 Å². The number of carbonyl (C=O) groups excluding carboxylic acids is 3. The summed E-state index contributed by atoms with van der Waals surface area (Å²) in [5, 5.41) is 2.28. The minimum absolute atomic E-state index is 0.0874. The fraction of sp³-hybridized carbons (Fsp3) is 0.320. The number of nitrogens with zero attached hydrogens (tertiary/aromatic N) is 2. The predicted molar refractivity (Wildman–Crippen MR) is 132 cm³/mol. The number of anilines is 2. The smallest absolute Gasteiger partial charge is 0.335 e. The van der Waals surface area contributed by atoms with Crippen LogP contribution in [0.1, 0.15) is 37.0 Å². The van der Waals surface area contributed by atoms with Crippen molar-refractivity contribution < 1.29 is 14.4 Å². The Balaban J connectivity index is 1.89. The summed E-state index contributed by atoms with van der Waals surface area (Å²) in [5.74, 6) is -0.726. The van der Waals surface area contributed by atoms with Gasteiger partial charge in [0.2, 0.25) is 0 Å². The van der Waals surface area contributed by atoms with Crippen molar-refractivity contribution in [3.8, 4) is 0 Å². The van der Waals surface area contributed by atoms with Gasteiger partial charge in [0.1, 0.15) is 5.57 Å². The summed E-state index contributed by atoms with van der Waals surface area (Å²) in [6.45, 7) is 9.18.